The summed E-state index contributed by atoms with van der Waals surface area (Å²) in [5.74, 6) is 0.286. The van der Waals surface area contributed by atoms with Crippen molar-refractivity contribution in [1.82, 2.24) is 15.0 Å². The van der Waals surface area contributed by atoms with E-state index in [2.05, 4.69) is 26.3 Å². The lowest BCUT2D eigenvalue weighted by atomic mass is 9.96. The molecule has 4 rings (SSSR count). The summed E-state index contributed by atoms with van der Waals surface area (Å²) in [5.41, 5.74) is 2.02. The first-order valence-electron chi connectivity index (χ1n) is 8.68. The van der Waals surface area contributed by atoms with Gasteiger partial charge in [-0.2, -0.15) is 5.26 Å². The topological polar surface area (TPSA) is 87.6 Å². The third kappa shape index (κ3) is 3.31. The third-order valence-corrected chi connectivity index (χ3v) is 4.60. The summed E-state index contributed by atoms with van der Waals surface area (Å²) in [6, 6.07) is 11.9. The van der Waals surface area contributed by atoms with Crippen LogP contribution in [-0.4, -0.2) is 21.0 Å². The highest BCUT2D eigenvalue weighted by atomic mass is 16.3. The molecule has 1 aliphatic carbocycles. The molecule has 0 bridgehead atoms. The van der Waals surface area contributed by atoms with Crippen molar-refractivity contribution in [2.45, 2.75) is 44.1 Å². The van der Waals surface area contributed by atoms with Crippen LogP contribution < -0.4 is 5.32 Å². The van der Waals surface area contributed by atoms with Crippen LogP contribution >= 0.6 is 0 Å². The molecule has 0 amide bonds. The normalized spacial score (nSPS) is 16.4. The van der Waals surface area contributed by atoms with Crippen LogP contribution in [0, 0.1) is 11.3 Å². The predicted molar refractivity (Wildman–Crippen MR) is 94.0 cm³/mol. The summed E-state index contributed by atoms with van der Waals surface area (Å²) in [6.07, 6.45) is 7.73. The largest absolute Gasteiger partial charge is 0.439 e. The van der Waals surface area contributed by atoms with Gasteiger partial charge in [0, 0.05) is 12.2 Å². The summed E-state index contributed by atoms with van der Waals surface area (Å²) < 4.78 is 5.75. The molecular weight excluding hydrogens is 314 g/mol. The number of benzene rings is 1. The minimum Gasteiger partial charge on any atom is -0.439 e. The van der Waals surface area contributed by atoms with Gasteiger partial charge in [-0.05, 0) is 31.0 Å². The Kier molecular flexibility index (Phi) is 4.30. The first-order valence-corrected chi connectivity index (χ1v) is 8.68. The summed E-state index contributed by atoms with van der Waals surface area (Å²) in [6.45, 7) is 0. The Morgan fingerprint density at radius 1 is 1.12 bits per heavy atom. The molecule has 0 aliphatic heterocycles. The van der Waals surface area contributed by atoms with E-state index in [0.717, 1.165) is 18.4 Å². The number of nitrogens with zero attached hydrogens (tertiary/aromatic N) is 4. The van der Waals surface area contributed by atoms with Crippen LogP contribution in [0.25, 0.3) is 11.1 Å². The van der Waals surface area contributed by atoms with E-state index in [1.165, 1.54) is 19.3 Å². The Morgan fingerprint density at radius 3 is 2.76 bits per heavy atom. The van der Waals surface area contributed by atoms with Gasteiger partial charge in [0.2, 0.25) is 11.8 Å². The van der Waals surface area contributed by atoms with Crippen LogP contribution in [0.3, 0.4) is 0 Å². The van der Waals surface area contributed by atoms with E-state index >= 15 is 0 Å². The maximum atomic E-state index is 9.64. The van der Waals surface area contributed by atoms with Gasteiger partial charge in [0.15, 0.2) is 11.5 Å². The third-order valence-electron chi connectivity index (χ3n) is 4.60. The predicted octanol–water partition coefficient (Wildman–Crippen LogP) is 4.02. The van der Waals surface area contributed by atoms with Gasteiger partial charge in [0.05, 0.1) is 11.8 Å². The molecule has 6 nitrogen and oxygen atoms in total. The van der Waals surface area contributed by atoms with Crippen LogP contribution in [0.15, 0.2) is 40.9 Å². The average molecular weight is 333 g/mol. The van der Waals surface area contributed by atoms with Gasteiger partial charge in [-0.3, -0.25) is 0 Å². The number of nitrogens with one attached hydrogen (secondary N) is 1. The van der Waals surface area contributed by atoms with Crippen molar-refractivity contribution in [3.8, 4) is 6.07 Å². The number of fused-ring (bicyclic) bond motifs is 1. The molecule has 0 saturated heterocycles. The molecule has 0 spiro atoms. The fourth-order valence-electron chi connectivity index (χ4n) is 3.29. The molecule has 1 unspecified atom stereocenters. The number of para-hydroxylation sites is 2. The fraction of sp³-hybridized carbons (Fsp3) is 0.368. The van der Waals surface area contributed by atoms with Gasteiger partial charge in [0.1, 0.15) is 5.52 Å². The van der Waals surface area contributed by atoms with Gasteiger partial charge in [-0.25, -0.2) is 15.0 Å². The van der Waals surface area contributed by atoms with Crippen molar-refractivity contribution in [1.29, 1.82) is 5.26 Å². The molecule has 126 valence electrons. The lowest BCUT2D eigenvalue weighted by Gasteiger charge is -2.22. The number of hydrogen-bond donors (Lipinski definition) is 1. The van der Waals surface area contributed by atoms with E-state index in [9.17, 15) is 5.26 Å². The molecule has 1 aliphatic rings. The SMILES string of the molecule is N#CC(c1ccnc(NC2CCCCC2)n1)c1nc2ccccc2o1. The summed E-state index contributed by atoms with van der Waals surface area (Å²) in [4.78, 5) is 13.3. The van der Waals surface area contributed by atoms with Gasteiger partial charge in [-0.1, -0.05) is 31.4 Å². The minimum absolute atomic E-state index is 0.367. The Hall–Kier alpha value is -2.94. The zero-order valence-corrected chi connectivity index (χ0v) is 13.9. The van der Waals surface area contributed by atoms with Crippen LogP contribution in [0.4, 0.5) is 5.95 Å². The number of aromatic nitrogens is 3. The number of anilines is 1. The second kappa shape index (κ2) is 6.89. The molecule has 3 aromatic rings. The quantitative estimate of drug-likeness (QED) is 0.776. The maximum Gasteiger partial charge on any atom is 0.223 e. The van der Waals surface area contributed by atoms with Crippen LogP contribution in [0.2, 0.25) is 0 Å². The molecule has 2 heterocycles. The molecule has 1 atom stereocenters. The van der Waals surface area contributed by atoms with Crippen molar-refractivity contribution in [3.05, 3.63) is 48.1 Å². The van der Waals surface area contributed by atoms with Crippen LogP contribution in [0.5, 0.6) is 0 Å². The second-order valence-corrected chi connectivity index (χ2v) is 6.37. The van der Waals surface area contributed by atoms with E-state index < -0.39 is 5.92 Å². The Labute approximate surface area is 145 Å². The lowest BCUT2D eigenvalue weighted by molar-refractivity contribution is 0.460. The van der Waals surface area contributed by atoms with Crippen LogP contribution in [-0.2, 0) is 0 Å². The minimum atomic E-state index is -0.651. The number of oxazole rings is 1. The maximum absolute atomic E-state index is 9.64. The highest BCUT2D eigenvalue weighted by Gasteiger charge is 2.22. The monoisotopic (exact) mass is 333 g/mol. The van der Waals surface area contributed by atoms with Crippen molar-refractivity contribution < 1.29 is 4.42 Å². The fourth-order valence-corrected chi connectivity index (χ4v) is 3.29. The number of rotatable bonds is 4. The van der Waals surface area contributed by atoms with Gasteiger partial charge < -0.3 is 9.73 Å². The Balaban J connectivity index is 1.60. The molecule has 1 N–H and O–H groups in total. The number of hydrogen-bond acceptors (Lipinski definition) is 6. The molecule has 1 saturated carbocycles. The molecule has 1 aromatic carbocycles. The summed E-state index contributed by atoms with van der Waals surface area (Å²) in [7, 11) is 0. The zero-order chi connectivity index (χ0) is 17.1. The molecule has 6 heteroatoms. The first-order chi connectivity index (χ1) is 12.3. The van der Waals surface area contributed by atoms with E-state index in [0.29, 0.717) is 29.2 Å². The van der Waals surface area contributed by atoms with Crippen LogP contribution in [0.1, 0.15) is 49.6 Å². The number of nitriles is 1. The van der Waals surface area contributed by atoms with Crippen molar-refractivity contribution in [2.24, 2.45) is 0 Å². The average Bonchev–Trinajstić information content (AvgIpc) is 3.07. The van der Waals surface area contributed by atoms with E-state index in [1.807, 2.05) is 24.3 Å². The summed E-state index contributed by atoms with van der Waals surface area (Å²) >= 11 is 0. The van der Waals surface area contributed by atoms with Crippen molar-refractivity contribution in [3.63, 3.8) is 0 Å². The van der Waals surface area contributed by atoms with Gasteiger partial charge >= 0.3 is 0 Å². The second-order valence-electron chi connectivity index (χ2n) is 6.37. The van der Waals surface area contributed by atoms with E-state index in [4.69, 9.17) is 4.42 Å². The Morgan fingerprint density at radius 2 is 1.96 bits per heavy atom. The first kappa shape index (κ1) is 15.6. The molecular formula is C19H19N5O. The standard InChI is InChI=1S/C19H19N5O/c20-12-14(18-23-16-8-4-5-9-17(16)25-18)15-10-11-21-19(24-15)22-13-6-2-1-3-7-13/h4-5,8-11,13-14H,1-3,6-7H2,(H,21,22,24). The van der Waals surface area contributed by atoms with Gasteiger partial charge in [0.25, 0.3) is 0 Å². The van der Waals surface area contributed by atoms with E-state index in [-0.39, 0.29) is 0 Å². The Bertz CT molecular complexity index is 874. The van der Waals surface area contributed by atoms with Crippen molar-refractivity contribution in [2.75, 3.05) is 5.32 Å². The highest BCUT2D eigenvalue weighted by molar-refractivity contribution is 5.72. The van der Waals surface area contributed by atoms with Gasteiger partial charge in [-0.15, -0.1) is 0 Å². The smallest absolute Gasteiger partial charge is 0.223 e. The molecule has 0 radical (unpaired) electrons. The highest BCUT2D eigenvalue weighted by Crippen LogP contribution is 2.26. The van der Waals surface area contributed by atoms with Crippen molar-refractivity contribution >= 4 is 17.0 Å². The van der Waals surface area contributed by atoms with E-state index in [1.54, 1.807) is 12.3 Å². The molecule has 1 fully saturated rings. The zero-order valence-electron chi connectivity index (χ0n) is 13.9. The molecule has 2 aromatic heterocycles. The molecule has 25 heavy (non-hydrogen) atoms. The lowest BCUT2D eigenvalue weighted by Crippen LogP contribution is -2.23. The summed E-state index contributed by atoms with van der Waals surface area (Å²) in [5, 5.41) is 13.0.